The molecule has 3 atom stereocenters. The van der Waals surface area contributed by atoms with E-state index in [9.17, 15) is 0 Å². The molecule has 0 bridgehead atoms. The van der Waals surface area contributed by atoms with Gasteiger partial charge in [0.15, 0.2) is 0 Å². The van der Waals surface area contributed by atoms with Gasteiger partial charge in [0, 0.05) is 2.74 Å². The van der Waals surface area contributed by atoms with Gasteiger partial charge in [0.1, 0.15) is 0 Å². The van der Waals surface area contributed by atoms with Gasteiger partial charge in [0.2, 0.25) is 0 Å². The second-order valence-electron chi connectivity index (χ2n) is 7.22. The van der Waals surface area contributed by atoms with Gasteiger partial charge in [-0.3, -0.25) is 0 Å². The molecular weight excluding hydrogens is 228 g/mol. The van der Waals surface area contributed by atoms with E-state index in [1.54, 1.807) is 0 Å². The Balaban J connectivity index is 2.15. The molecule has 0 aromatic heterocycles. The molecule has 2 aliphatic carbocycles. The van der Waals surface area contributed by atoms with Gasteiger partial charge < -0.3 is 0 Å². The predicted octanol–water partition coefficient (Wildman–Crippen LogP) is 5.45. The van der Waals surface area contributed by atoms with E-state index >= 15 is 0 Å². The number of rotatable bonds is 1. The zero-order chi connectivity index (χ0) is 15.4. The van der Waals surface area contributed by atoms with Crippen molar-refractivity contribution in [1.29, 1.82) is 0 Å². The van der Waals surface area contributed by atoms with Crippen LogP contribution < -0.4 is 0 Å². The van der Waals surface area contributed by atoms with Crippen LogP contribution in [0.1, 0.15) is 78.7 Å². The van der Waals surface area contributed by atoms with Crippen LogP contribution in [-0.4, -0.2) is 0 Å². The minimum absolute atomic E-state index is 0.0181. The van der Waals surface area contributed by atoms with E-state index in [-0.39, 0.29) is 11.3 Å². The Bertz CT molecular complexity index is 546. The molecule has 104 valence electrons. The summed E-state index contributed by atoms with van der Waals surface area (Å²) in [5.41, 5.74) is 4.05. The lowest BCUT2D eigenvalue weighted by atomic mass is 9.55. The van der Waals surface area contributed by atoms with Crippen LogP contribution in [0.3, 0.4) is 0 Å². The number of hydrogen-bond donors (Lipinski definition) is 0. The Morgan fingerprint density at radius 3 is 2.89 bits per heavy atom. The molecule has 1 fully saturated rings. The fraction of sp³-hybridized carbons (Fsp3) is 0.684. The van der Waals surface area contributed by atoms with Gasteiger partial charge in [-0.15, -0.1) is 0 Å². The van der Waals surface area contributed by atoms with Gasteiger partial charge in [-0.05, 0) is 59.1 Å². The van der Waals surface area contributed by atoms with Crippen molar-refractivity contribution in [2.24, 2.45) is 11.8 Å². The SMILES string of the molecule is [2H]C1([2H])Cc2cc(C(C)C)ccc2[C@@]2(C)CCC[C@H](C)[C@H]12. The molecule has 0 aliphatic heterocycles. The first-order valence-electron chi connectivity index (χ1n) is 8.89. The molecule has 1 saturated carbocycles. The minimum Gasteiger partial charge on any atom is -0.0622 e. The lowest BCUT2D eigenvalue weighted by Crippen LogP contribution is -2.43. The monoisotopic (exact) mass is 258 g/mol. The predicted molar refractivity (Wildman–Crippen MR) is 82.7 cm³/mol. The molecule has 1 aromatic carbocycles. The standard InChI is InChI=1S/C19H28/c1-13(2)15-7-10-18-16(12-15)8-9-17-14(3)6-5-11-19(17,18)4/h7,10,12-14,17H,5-6,8-9,11H2,1-4H3/t14-,17-,19-/m0/s1/i9D2. The van der Waals surface area contributed by atoms with E-state index in [0.717, 1.165) is 6.42 Å². The topological polar surface area (TPSA) is 0 Å². The van der Waals surface area contributed by atoms with Crippen molar-refractivity contribution in [2.75, 3.05) is 0 Å². The number of benzene rings is 1. The van der Waals surface area contributed by atoms with E-state index in [4.69, 9.17) is 2.74 Å². The van der Waals surface area contributed by atoms with Crippen LogP contribution in [-0.2, 0) is 11.8 Å². The van der Waals surface area contributed by atoms with Gasteiger partial charge in [0.05, 0.1) is 0 Å². The molecule has 0 saturated heterocycles. The van der Waals surface area contributed by atoms with Crippen molar-refractivity contribution >= 4 is 0 Å². The normalized spacial score (nSPS) is 38.2. The van der Waals surface area contributed by atoms with Crippen molar-refractivity contribution in [3.63, 3.8) is 0 Å². The van der Waals surface area contributed by atoms with Gasteiger partial charge in [-0.25, -0.2) is 0 Å². The molecule has 0 radical (unpaired) electrons. The molecular formula is C19H28. The zero-order valence-corrected chi connectivity index (χ0v) is 12.8. The van der Waals surface area contributed by atoms with E-state index < -0.39 is 6.37 Å². The molecule has 0 N–H and O–H groups in total. The molecule has 0 heteroatoms. The maximum atomic E-state index is 8.68. The zero-order valence-electron chi connectivity index (χ0n) is 14.8. The highest BCUT2D eigenvalue weighted by Crippen LogP contribution is 2.52. The molecule has 0 nitrogen and oxygen atoms in total. The summed E-state index contributed by atoms with van der Waals surface area (Å²) in [7, 11) is 0. The number of hydrogen-bond acceptors (Lipinski definition) is 0. The average Bonchev–Trinajstić information content (AvgIpc) is 2.36. The van der Waals surface area contributed by atoms with E-state index in [1.807, 2.05) is 0 Å². The third kappa shape index (κ3) is 2.04. The Hall–Kier alpha value is -0.780. The van der Waals surface area contributed by atoms with E-state index in [2.05, 4.69) is 45.9 Å². The van der Waals surface area contributed by atoms with Crippen LogP contribution in [0.4, 0.5) is 0 Å². The molecule has 0 amide bonds. The number of fused-ring (bicyclic) bond motifs is 3. The summed E-state index contributed by atoms with van der Waals surface area (Å²) in [6.45, 7) is 9.00. The fourth-order valence-corrected chi connectivity index (χ4v) is 4.37. The molecule has 1 aromatic rings. The van der Waals surface area contributed by atoms with Crippen LogP contribution in [0.5, 0.6) is 0 Å². The summed E-state index contributed by atoms with van der Waals surface area (Å²) >= 11 is 0. The lowest BCUT2D eigenvalue weighted by molar-refractivity contribution is 0.118. The van der Waals surface area contributed by atoms with E-state index in [0.29, 0.717) is 18.3 Å². The summed E-state index contributed by atoms with van der Waals surface area (Å²) in [6, 6.07) is 6.86. The first-order chi connectivity index (χ1) is 9.75. The highest BCUT2D eigenvalue weighted by molar-refractivity contribution is 5.41. The van der Waals surface area contributed by atoms with E-state index in [1.165, 1.54) is 29.5 Å². The molecule has 2 aliphatic rings. The van der Waals surface area contributed by atoms with Gasteiger partial charge in [-0.1, -0.05) is 58.7 Å². The Morgan fingerprint density at radius 2 is 2.16 bits per heavy atom. The first kappa shape index (κ1) is 10.9. The first-order valence-corrected chi connectivity index (χ1v) is 7.89. The molecule has 0 unspecified atom stereocenters. The van der Waals surface area contributed by atoms with Gasteiger partial charge >= 0.3 is 0 Å². The fourth-order valence-electron chi connectivity index (χ4n) is 4.37. The number of aryl methyl sites for hydroxylation is 1. The quantitative estimate of drug-likeness (QED) is 0.628. The second kappa shape index (κ2) is 4.65. The van der Waals surface area contributed by atoms with Crippen molar-refractivity contribution < 1.29 is 2.74 Å². The molecule has 19 heavy (non-hydrogen) atoms. The average molecular weight is 258 g/mol. The summed E-state index contributed by atoms with van der Waals surface area (Å²) in [5, 5.41) is 0. The summed E-state index contributed by atoms with van der Waals surface area (Å²) < 4.78 is 17.4. The highest BCUT2D eigenvalue weighted by atomic mass is 14.5. The van der Waals surface area contributed by atoms with Gasteiger partial charge in [-0.2, -0.15) is 0 Å². The van der Waals surface area contributed by atoms with Crippen molar-refractivity contribution in [2.45, 2.75) is 71.1 Å². The van der Waals surface area contributed by atoms with Crippen LogP contribution >= 0.6 is 0 Å². The Labute approximate surface area is 121 Å². The maximum absolute atomic E-state index is 8.68. The smallest absolute Gasteiger partial charge is 0.0273 e. The maximum Gasteiger partial charge on any atom is 0.0273 e. The molecule has 0 spiro atoms. The second-order valence-corrected chi connectivity index (χ2v) is 7.22. The van der Waals surface area contributed by atoms with Crippen molar-refractivity contribution in [1.82, 2.24) is 0 Å². The highest BCUT2D eigenvalue weighted by Gasteiger charge is 2.44. The summed E-state index contributed by atoms with van der Waals surface area (Å²) in [4.78, 5) is 0. The van der Waals surface area contributed by atoms with Gasteiger partial charge in [0.25, 0.3) is 0 Å². The van der Waals surface area contributed by atoms with Crippen LogP contribution in [0.15, 0.2) is 18.2 Å². The molecule has 3 rings (SSSR count). The minimum atomic E-state index is -1.07. The third-order valence-corrected chi connectivity index (χ3v) is 5.53. The van der Waals surface area contributed by atoms with Crippen LogP contribution in [0.2, 0.25) is 0 Å². The van der Waals surface area contributed by atoms with Crippen LogP contribution in [0, 0.1) is 11.8 Å². The summed E-state index contributed by atoms with van der Waals surface area (Å²) in [5.74, 6) is 1.16. The van der Waals surface area contributed by atoms with Crippen LogP contribution in [0.25, 0.3) is 0 Å². The Kier molecular flexibility index (Phi) is 2.68. The third-order valence-electron chi connectivity index (χ3n) is 5.53. The molecule has 0 heterocycles. The van der Waals surface area contributed by atoms with Crippen molar-refractivity contribution in [3.8, 4) is 0 Å². The van der Waals surface area contributed by atoms with Crippen molar-refractivity contribution in [3.05, 3.63) is 34.9 Å². The Morgan fingerprint density at radius 1 is 1.37 bits per heavy atom. The lowest BCUT2D eigenvalue weighted by Gasteiger charge is -2.49. The summed E-state index contributed by atoms with van der Waals surface area (Å²) in [6.07, 6.45) is 3.06. The largest absolute Gasteiger partial charge is 0.0622 e.